The molecule has 0 bridgehead atoms. The van der Waals surface area contributed by atoms with Gasteiger partial charge in [-0.25, -0.2) is 9.59 Å². The Labute approximate surface area is 122 Å². The smallest absolute Gasteiger partial charge is 0.326 e. The van der Waals surface area contributed by atoms with Gasteiger partial charge in [0.1, 0.15) is 12.6 Å². The average Bonchev–Trinajstić information content (AvgIpc) is 2.33. The molecule has 0 fully saturated rings. The molecule has 120 valence electrons. The van der Waals surface area contributed by atoms with E-state index in [0.717, 1.165) is 4.90 Å². The third-order valence-electron chi connectivity index (χ3n) is 2.43. The summed E-state index contributed by atoms with van der Waals surface area (Å²) in [5.74, 6) is -3.18. The fourth-order valence-electron chi connectivity index (χ4n) is 1.48. The highest BCUT2D eigenvalue weighted by Crippen LogP contribution is 1.97. The van der Waals surface area contributed by atoms with Gasteiger partial charge in [0, 0.05) is 12.6 Å². The Balaban J connectivity index is 4.65. The molecule has 9 heteroatoms. The molecule has 0 heterocycles. The van der Waals surface area contributed by atoms with Crippen LogP contribution in [-0.4, -0.2) is 64.2 Å². The van der Waals surface area contributed by atoms with E-state index in [4.69, 9.17) is 10.2 Å². The molecule has 3 amide bonds. The maximum absolute atomic E-state index is 11.9. The number of urea groups is 1. The molecule has 0 aliphatic carbocycles. The van der Waals surface area contributed by atoms with Crippen molar-refractivity contribution < 1.29 is 29.4 Å². The molecule has 0 spiro atoms. The molecule has 1 atom stereocenters. The van der Waals surface area contributed by atoms with E-state index in [1.165, 1.54) is 0 Å². The second kappa shape index (κ2) is 8.77. The van der Waals surface area contributed by atoms with E-state index in [1.807, 2.05) is 0 Å². The summed E-state index contributed by atoms with van der Waals surface area (Å²) in [6.45, 7) is 5.09. The van der Waals surface area contributed by atoms with Crippen molar-refractivity contribution >= 4 is 23.9 Å². The molecular weight excluding hydrogens is 282 g/mol. The van der Waals surface area contributed by atoms with Crippen LogP contribution >= 0.6 is 0 Å². The van der Waals surface area contributed by atoms with Crippen LogP contribution in [0.4, 0.5) is 4.79 Å². The largest absolute Gasteiger partial charge is 0.481 e. The van der Waals surface area contributed by atoms with Crippen LogP contribution in [-0.2, 0) is 14.4 Å². The van der Waals surface area contributed by atoms with Gasteiger partial charge < -0.3 is 25.7 Å². The van der Waals surface area contributed by atoms with Crippen molar-refractivity contribution in [3.63, 3.8) is 0 Å². The van der Waals surface area contributed by atoms with Crippen LogP contribution in [0.3, 0.4) is 0 Å². The number of carbonyl (C=O) groups excluding carboxylic acids is 2. The van der Waals surface area contributed by atoms with E-state index < -0.39 is 30.4 Å². The Hall–Kier alpha value is -2.32. The highest BCUT2D eigenvalue weighted by atomic mass is 16.4. The van der Waals surface area contributed by atoms with E-state index in [-0.39, 0.29) is 25.0 Å². The van der Waals surface area contributed by atoms with Gasteiger partial charge in [-0.15, -0.1) is 0 Å². The van der Waals surface area contributed by atoms with Gasteiger partial charge >= 0.3 is 18.0 Å². The van der Waals surface area contributed by atoms with Crippen molar-refractivity contribution in [2.24, 2.45) is 0 Å². The minimum absolute atomic E-state index is 0.0851. The van der Waals surface area contributed by atoms with Crippen molar-refractivity contribution in [2.75, 3.05) is 13.1 Å². The lowest BCUT2D eigenvalue weighted by molar-refractivity contribution is -0.145. The van der Waals surface area contributed by atoms with Gasteiger partial charge in [-0.05, 0) is 20.8 Å². The molecule has 0 aromatic heterocycles. The molecule has 0 saturated heterocycles. The molecule has 0 aromatic carbocycles. The molecule has 0 aliphatic rings. The van der Waals surface area contributed by atoms with Gasteiger partial charge in [-0.3, -0.25) is 9.59 Å². The summed E-state index contributed by atoms with van der Waals surface area (Å²) >= 11 is 0. The summed E-state index contributed by atoms with van der Waals surface area (Å²) < 4.78 is 0. The number of rotatable bonds is 8. The van der Waals surface area contributed by atoms with Gasteiger partial charge in [0.2, 0.25) is 5.91 Å². The molecule has 0 radical (unpaired) electrons. The Morgan fingerprint density at radius 2 is 1.67 bits per heavy atom. The molecule has 9 nitrogen and oxygen atoms in total. The molecule has 0 aliphatic heterocycles. The number of nitrogens with zero attached hydrogens (tertiary/aromatic N) is 1. The van der Waals surface area contributed by atoms with Crippen LogP contribution in [0, 0.1) is 0 Å². The lowest BCUT2D eigenvalue weighted by atomic mass is 10.2. The van der Waals surface area contributed by atoms with Gasteiger partial charge in [0.05, 0.1) is 6.42 Å². The maximum Gasteiger partial charge on any atom is 0.326 e. The molecular formula is C12H21N3O6. The van der Waals surface area contributed by atoms with E-state index in [0.29, 0.717) is 0 Å². The zero-order chi connectivity index (χ0) is 16.6. The summed E-state index contributed by atoms with van der Waals surface area (Å²) in [5, 5.41) is 22.1. The number of carbonyl (C=O) groups is 4. The topological polar surface area (TPSA) is 136 Å². The lowest BCUT2D eigenvalue weighted by Gasteiger charge is -2.23. The standard InChI is InChI=1S/C12H21N3O6/c1-4-15(6-9(16)13-7(2)3)12(21)14-8(11(19)20)5-10(17)18/h7-8H,4-6H2,1-3H3,(H,13,16)(H,14,21)(H,17,18)(H,19,20)/t8-/m1/s1. The first-order valence-electron chi connectivity index (χ1n) is 6.46. The van der Waals surface area contributed by atoms with Crippen molar-refractivity contribution in [3.05, 3.63) is 0 Å². The normalized spacial score (nSPS) is 11.6. The van der Waals surface area contributed by atoms with Gasteiger partial charge in [-0.1, -0.05) is 0 Å². The SMILES string of the molecule is CCN(CC(=O)NC(C)C)C(=O)N[C@H](CC(=O)O)C(=O)O. The summed E-state index contributed by atoms with van der Waals surface area (Å²) in [4.78, 5) is 46.0. The first kappa shape index (κ1) is 18.7. The third kappa shape index (κ3) is 7.75. The number of hydrogen-bond acceptors (Lipinski definition) is 4. The Kier molecular flexibility index (Phi) is 7.80. The second-order valence-corrected chi connectivity index (χ2v) is 4.67. The van der Waals surface area contributed by atoms with E-state index in [9.17, 15) is 19.2 Å². The monoisotopic (exact) mass is 303 g/mol. The summed E-state index contributed by atoms with van der Waals surface area (Å²) in [6.07, 6.45) is -0.739. The van der Waals surface area contributed by atoms with Crippen LogP contribution in [0.15, 0.2) is 0 Å². The van der Waals surface area contributed by atoms with E-state index >= 15 is 0 Å². The van der Waals surface area contributed by atoms with Crippen LogP contribution in [0.2, 0.25) is 0 Å². The Morgan fingerprint density at radius 3 is 2.05 bits per heavy atom. The molecule has 0 saturated carbocycles. The molecule has 0 unspecified atom stereocenters. The quantitative estimate of drug-likeness (QED) is 0.476. The van der Waals surface area contributed by atoms with Crippen LogP contribution in [0.1, 0.15) is 27.2 Å². The summed E-state index contributed by atoms with van der Waals surface area (Å²) in [5.41, 5.74) is 0. The highest BCUT2D eigenvalue weighted by Gasteiger charge is 2.25. The van der Waals surface area contributed by atoms with Gasteiger partial charge in [-0.2, -0.15) is 0 Å². The van der Waals surface area contributed by atoms with Gasteiger partial charge in [0.15, 0.2) is 0 Å². The maximum atomic E-state index is 11.9. The molecule has 4 N–H and O–H groups in total. The number of aliphatic carboxylic acids is 2. The van der Waals surface area contributed by atoms with Crippen molar-refractivity contribution in [3.8, 4) is 0 Å². The number of carboxylic acid groups (broad SMARTS) is 2. The van der Waals surface area contributed by atoms with Crippen LogP contribution < -0.4 is 10.6 Å². The number of nitrogens with one attached hydrogen (secondary N) is 2. The second-order valence-electron chi connectivity index (χ2n) is 4.67. The minimum atomic E-state index is -1.54. The van der Waals surface area contributed by atoms with Crippen molar-refractivity contribution in [2.45, 2.75) is 39.3 Å². The number of hydrogen-bond donors (Lipinski definition) is 4. The zero-order valence-corrected chi connectivity index (χ0v) is 12.3. The van der Waals surface area contributed by atoms with Crippen molar-refractivity contribution in [1.29, 1.82) is 0 Å². The minimum Gasteiger partial charge on any atom is -0.481 e. The van der Waals surface area contributed by atoms with Crippen LogP contribution in [0.25, 0.3) is 0 Å². The first-order valence-corrected chi connectivity index (χ1v) is 6.46. The predicted molar refractivity (Wildman–Crippen MR) is 72.7 cm³/mol. The number of carboxylic acids is 2. The lowest BCUT2D eigenvalue weighted by Crippen LogP contribution is -2.51. The van der Waals surface area contributed by atoms with Crippen LogP contribution in [0.5, 0.6) is 0 Å². The fraction of sp³-hybridized carbons (Fsp3) is 0.667. The van der Waals surface area contributed by atoms with Crippen molar-refractivity contribution in [1.82, 2.24) is 15.5 Å². The number of amides is 3. The van der Waals surface area contributed by atoms with E-state index in [2.05, 4.69) is 10.6 Å². The molecule has 0 aromatic rings. The summed E-state index contributed by atoms with van der Waals surface area (Å²) in [7, 11) is 0. The number of likely N-dealkylation sites (N-methyl/N-ethyl adjacent to an activating group) is 1. The molecule has 0 rings (SSSR count). The predicted octanol–water partition coefficient (Wildman–Crippen LogP) is -0.530. The third-order valence-corrected chi connectivity index (χ3v) is 2.43. The summed E-state index contributed by atoms with van der Waals surface area (Å²) in [6, 6.07) is -2.43. The van der Waals surface area contributed by atoms with E-state index in [1.54, 1.807) is 20.8 Å². The van der Waals surface area contributed by atoms with Gasteiger partial charge in [0.25, 0.3) is 0 Å². The molecule has 21 heavy (non-hydrogen) atoms. The fourth-order valence-corrected chi connectivity index (χ4v) is 1.48. The average molecular weight is 303 g/mol. The zero-order valence-electron chi connectivity index (χ0n) is 12.3. The Bertz CT molecular complexity index is 410. The first-order chi connectivity index (χ1) is 9.67. The Morgan fingerprint density at radius 1 is 1.10 bits per heavy atom. The highest BCUT2D eigenvalue weighted by molar-refractivity contribution is 5.88.